The molecule has 0 saturated carbocycles. The van der Waals surface area contributed by atoms with Crippen molar-refractivity contribution in [2.24, 2.45) is 0 Å². The zero-order chi connectivity index (χ0) is 14.3. The van der Waals surface area contributed by atoms with Crippen molar-refractivity contribution in [3.05, 3.63) is 77.9 Å². The van der Waals surface area contributed by atoms with E-state index < -0.39 is 0 Å². The van der Waals surface area contributed by atoms with Crippen LogP contribution in [0.15, 0.2) is 66.5 Å². The van der Waals surface area contributed by atoms with Crippen molar-refractivity contribution in [1.82, 2.24) is 9.55 Å². The van der Waals surface area contributed by atoms with E-state index >= 15 is 0 Å². The molecule has 2 heteroatoms. The van der Waals surface area contributed by atoms with E-state index in [0.717, 1.165) is 25.8 Å². The molecule has 0 N–H and O–H groups in total. The van der Waals surface area contributed by atoms with Crippen molar-refractivity contribution in [2.75, 3.05) is 0 Å². The van der Waals surface area contributed by atoms with Crippen LogP contribution in [-0.2, 0) is 19.4 Å². The molecular weight excluding hydrogens is 256 g/mol. The van der Waals surface area contributed by atoms with Crippen LogP contribution in [-0.4, -0.2) is 9.55 Å². The van der Waals surface area contributed by atoms with Gasteiger partial charge in [0.15, 0.2) is 0 Å². The first-order chi connectivity index (χ1) is 10.4. The summed E-state index contributed by atoms with van der Waals surface area (Å²) >= 11 is 0. The van der Waals surface area contributed by atoms with E-state index in [4.69, 9.17) is 0 Å². The van der Waals surface area contributed by atoms with Crippen molar-refractivity contribution in [3.63, 3.8) is 0 Å². The van der Waals surface area contributed by atoms with Gasteiger partial charge in [-0.3, -0.25) is 0 Å². The van der Waals surface area contributed by atoms with Crippen molar-refractivity contribution in [3.8, 4) is 0 Å². The third-order valence-corrected chi connectivity index (χ3v) is 3.94. The second kappa shape index (κ2) is 7.07. The Morgan fingerprint density at radius 1 is 1.10 bits per heavy atom. The molecule has 1 heterocycles. The number of aromatic nitrogens is 2. The third kappa shape index (κ3) is 3.94. The van der Waals surface area contributed by atoms with Gasteiger partial charge < -0.3 is 4.57 Å². The van der Waals surface area contributed by atoms with Crippen LogP contribution in [0.4, 0.5) is 0 Å². The maximum absolute atomic E-state index is 4.52. The Balaban J connectivity index is 1.55. The summed E-state index contributed by atoms with van der Waals surface area (Å²) in [4.78, 5) is 4.52. The Hall–Kier alpha value is -2.09. The van der Waals surface area contributed by atoms with Gasteiger partial charge in [-0.25, -0.2) is 4.98 Å². The van der Waals surface area contributed by atoms with Gasteiger partial charge in [-0.1, -0.05) is 48.6 Å². The van der Waals surface area contributed by atoms with Crippen LogP contribution in [0.3, 0.4) is 0 Å². The van der Waals surface area contributed by atoms with Crippen LogP contribution < -0.4 is 0 Å². The zero-order valence-electron chi connectivity index (χ0n) is 12.4. The highest BCUT2D eigenvalue weighted by atomic mass is 15.1. The summed E-state index contributed by atoms with van der Waals surface area (Å²) < 4.78 is 2.30. The predicted molar refractivity (Wildman–Crippen MR) is 87.2 cm³/mol. The normalized spacial score (nSPS) is 14.2. The predicted octanol–water partition coefficient (Wildman–Crippen LogP) is 4.33. The quantitative estimate of drug-likeness (QED) is 0.769. The number of hydrogen-bond acceptors (Lipinski definition) is 1. The molecule has 1 aromatic heterocycles. The molecule has 1 aliphatic rings. The Morgan fingerprint density at radius 3 is 2.81 bits per heavy atom. The number of allylic oxidation sites excluding steroid dienone is 4. The van der Waals surface area contributed by atoms with Gasteiger partial charge in [0.1, 0.15) is 5.82 Å². The third-order valence-electron chi connectivity index (χ3n) is 3.94. The summed E-state index contributed by atoms with van der Waals surface area (Å²) in [6.07, 6.45) is 16.4. The van der Waals surface area contributed by atoms with Crippen molar-refractivity contribution in [2.45, 2.75) is 38.6 Å². The fraction of sp³-hybridized carbons (Fsp3) is 0.316. The zero-order valence-corrected chi connectivity index (χ0v) is 12.4. The molecular formula is C19H22N2. The number of rotatable bonds is 6. The van der Waals surface area contributed by atoms with Gasteiger partial charge in [-0.2, -0.15) is 0 Å². The van der Waals surface area contributed by atoms with E-state index in [0.29, 0.717) is 0 Å². The van der Waals surface area contributed by atoms with E-state index in [2.05, 4.69) is 64.3 Å². The van der Waals surface area contributed by atoms with Crippen molar-refractivity contribution in [1.29, 1.82) is 0 Å². The van der Waals surface area contributed by atoms with Crippen LogP contribution in [0, 0.1) is 0 Å². The molecule has 2 aromatic rings. The fourth-order valence-corrected chi connectivity index (χ4v) is 2.79. The monoisotopic (exact) mass is 278 g/mol. The fourth-order valence-electron chi connectivity index (χ4n) is 2.79. The lowest BCUT2D eigenvalue weighted by molar-refractivity contribution is 0.617. The highest BCUT2D eigenvalue weighted by molar-refractivity contribution is 5.25. The topological polar surface area (TPSA) is 17.8 Å². The summed E-state index contributed by atoms with van der Waals surface area (Å²) in [7, 11) is 0. The summed E-state index contributed by atoms with van der Waals surface area (Å²) in [6.45, 7) is 1.04. The van der Waals surface area contributed by atoms with Gasteiger partial charge in [0, 0.05) is 25.4 Å². The minimum Gasteiger partial charge on any atom is -0.335 e. The van der Waals surface area contributed by atoms with Crippen LogP contribution >= 0.6 is 0 Å². The molecule has 2 nitrogen and oxygen atoms in total. The molecule has 0 atom stereocenters. The molecule has 0 fully saturated rings. The summed E-state index contributed by atoms with van der Waals surface area (Å²) in [6, 6.07) is 10.7. The molecule has 0 unspecified atom stereocenters. The largest absolute Gasteiger partial charge is 0.335 e. The van der Waals surface area contributed by atoms with Gasteiger partial charge >= 0.3 is 0 Å². The van der Waals surface area contributed by atoms with Crippen LogP contribution in [0.2, 0.25) is 0 Å². The van der Waals surface area contributed by atoms with Gasteiger partial charge in [-0.15, -0.1) is 0 Å². The summed E-state index contributed by atoms with van der Waals surface area (Å²) in [5, 5.41) is 0. The smallest absolute Gasteiger partial charge is 0.113 e. The van der Waals surface area contributed by atoms with E-state index in [-0.39, 0.29) is 0 Å². The average molecular weight is 278 g/mol. The lowest BCUT2D eigenvalue weighted by Crippen LogP contribution is -2.05. The molecule has 0 spiro atoms. The molecule has 0 aliphatic heterocycles. The van der Waals surface area contributed by atoms with E-state index in [1.165, 1.54) is 29.8 Å². The number of aryl methyl sites for hydroxylation is 2. The summed E-state index contributed by atoms with van der Waals surface area (Å²) in [5.74, 6) is 1.18. The van der Waals surface area contributed by atoms with Gasteiger partial charge in [0.25, 0.3) is 0 Å². The molecule has 3 rings (SSSR count). The maximum atomic E-state index is 4.52. The highest BCUT2D eigenvalue weighted by Crippen LogP contribution is 2.15. The van der Waals surface area contributed by atoms with Crippen LogP contribution in [0.25, 0.3) is 0 Å². The number of hydrogen-bond donors (Lipinski definition) is 0. The maximum Gasteiger partial charge on any atom is 0.113 e. The molecule has 21 heavy (non-hydrogen) atoms. The second-order valence-electron chi connectivity index (χ2n) is 5.56. The van der Waals surface area contributed by atoms with Gasteiger partial charge in [0.2, 0.25) is 0 Å². The van der Waals surface area contributed by atoms with Crippen molar-refractivity contribution >= 4 is 0 Å². The molecule has 1 aliphatic carbocycles. The molecule has 0 radical (unpaired) electrons. The highest BCUT2D eigenvalue weighted by Gasteiger charge is 2.06. The first-order valence-corrected chi connectivity index (χ1v) is 7.81. The molecule has 0 bridgehead atoms. The Morgan fingerprint density at radius 2 is 2.00 bits per heavy atom. The SMILES string of the molecule is C1=CC(Cc2nccn2CCCc2ccccc2)=CCC1. The molecule has 0 amide bonds. The first kappa shape index (κ1) is 13.9. The Bertz CT molecular complexity index is 620. The number of imidazole rings is 1. The van der Waals surface area contributed by atoms with Crippen LogP contribution in [0.5, 0.6) is 0 Å². The first-order valence-electron chi connectivity index (χ1n) is 7.81. The van der Waals surface area contributed by atoms with Crippen LogP contribution in [0.1, 0.15) is 30.7 Å². The lowest BCUT2D eigenvalue weighted by atomic mass is 10.0. The second-order valence-corrected chi connectivity index (χ2v) is 5.56. The molecule has 1 aromatic carbocycles. The van der Waals surface area contributed by atoms with Crippen molar-refractivity contribution < 1.29 is 0 Å². The molecule has 108 valence electrons. The van der Waals surface area contributed by atoms with Gasteiger partial charge in [0.05, 0.1) is 0 Å². The minimum atomic E-state index is 0.953. The Labute approximate surface area is 126 Å². The minimum absolute atomic E-state index is 0.953. The summed E-state index contributed by atoms with van der Waals surface area (Å²) in [5.41, 5.74) is 2.81. The van der Waals surface area contributed by atoms with Gasteiger partial charge in [-0.05, 0) is 36.8 Å². The Kier molecular flexibility index (Phi) is 4.67. The van der Waals surface area contributed by atoms with E-state index in [1.807, 2.05) is 6.20 Å². The average Bonchev–Trinajstić information content (AvgIpc) is 2.97. The lowest BCUT2D eigenvalue weighted by Gasteiger charge is -2.10. The number of benzene rings is 1. The van der Waals surface area contributed by atoms with E-state index in [9.17, 15) is 0 Å². The van der Waals surface area contributed by atoms with E-state index in [1.54, 1.807) is 0 Å². The standard InChI is InChI=1S/C19H22N2/c1-3-8-17(9-4-1)12-7-14-21-15-13-20-19(21)16-18-10-5-2-6-11-18/h1,3-5,8-11,13,15H,2,6-7,12,14,16H2. The number of nitrogens with zero attached hydrogens (tertiary/aromatic N) is 2. The molecule has 0 saturated heterocycles.